The zero-order chi connectivity index (χ0) is 26.5. The lowest BCUT2D eigenvalue weighted by molar-refractivity contribution is -0.132. The van der Waals surface area contributed by atoms with E-state index in [4.69, 9.17) is 4.74 Å². The molecule has 0 fully saturated rings. The normalized spacial score (nSPS) is 13.8. The summed E-state index contributed by atoms with van der Waals surface area (Å²) in [5.74, 6) is -0.516. The summed E-state index contributed by atoms with van der Waals surface area (Å²) in [5.41, 5.74) is 0.836. The lowest BCUT2D eigenvalue weighted by atomic mass is 9.98. The summed E-state index contributed by atoms with van der Waals surface area (Å²) in [5, 5.41) is 8.24. The molecule has 0 aromatic heterocycles. The van der Waals surface area contributed by atoms with Gasteiger partial charge < -0.3 is 20.7 Å². The van der Waals surface area contributed by atoms with E-state index in [9.17, 15) is 19.2 Å². The minimum Gasteiger partial charge on any atom is -0.445 e. The number of ether oxygens (including phenoxy) is 1. The Morgan fingerprint density at radius 1 is 0.686 bits per heavy atom. The van der Waals surface area contributed by atoms with E-state index >= 15 is 0 Å². The smallest absolute Gasteiger partial charge is 0.408 e. The van der Waals surface area contributed by atoms with E-state index in [1.54, 1.807) is 0 Å². The Kier molecular flexibility index (Phi) is 13.1. The number of nitrogens with one attached hydrogen (secondary N) is 3. The monoisotopic (exact) mass is 489 g/mol. The Morgan fingerprint density at radius 2 is 1.11 bits per heavy atom. The van der Waals surface area contributed by atoms with Gasteiger partial charge in [0.25, 0.3) is 0 Å². The van der Waals surface area contributed by atoms with Gasteiger partial charge in [-0.1, -0.05) is 71.9 Å². The Hall–Kier alpha value is -2.90. The maximum absolute atomic E-state index is 13.2. The number of amides is 3. The average molecular weight is 490 g/mol. The summed E-state index contributed by atoms with van der Waals surface area (Å²) in [6.45, 7) is 13.3. The predicted molar refractivity (Wildman–Crippen MR) is 136 cm³/mol. The van der Waals surface area contributed by atoms with E-state index in [-0.39, 0.29) is 30.1 Å². The van der Waals surface area contributed by atoms with Crippen LogP contribution < -0.4 is 16.0 Å². The number of carbonyl (C=O) groups is 4. The van der Waals surface area contributed by atoms with Crippen LogP contribution >= 0.6 is 0 Å². The number of benzene rings is 1. The van der Waals surface area contributed by atoms with Gasteiger partial charge in [-0.15, -0.1) is 0 Å². The van der Waals surface area contributed by atoms with Crippen molar-refractivity contribution in [2.45, 2.75) is 92.5 Å². The Bertz CT molecular complexity index is 823. The molecule has 0 saturated heterocycles. The molecule has 0 aliphatic heterocycles. The number of hydrogen-bond acceptors (Lipinski definition) is 5. The highest BCUT2D eigenvalue weighted by molar-refractivity contribution is 5.93. The molecular formula is C27H43N3O5. The van der Waals surface area contributed by atoms with Crippen LogP contribution in [0.25, 0.3) is 0 Å². The van der Waals surface area contributed by atoms with Crippen LogP contribution in [0.1, 0.15) is 73.3 Å². The average Bonchev–Trinajstić information content (AvgIpc) is 2.76. The Labute approximate surface area is 210 Å². The lowest BCUT2D eigenvalue weighted by Gasteiger charge is -2.26. The molecule has 0 aliphatic carbocycles. The van der Waals surface area contributed by atoms with Gasteiger partial charge in [0.1, 0.15) is 18.7 Å². The van der Waals surface area contributed by atoms with E-state index in [2.05, 4.69) is 16.0 Å². The van der Waals surface area contributed by atoms with Crippen molar-refractivity contribution in [1.29, 1.82) is 0 Å². The summed E-state index contributed by atoms with van der Waals surface area (Å²) in [7, 11) is 0. The largest absolute Gasteiger partial charge is 0.445 e. The van der Waals surface area contributed by atoms with Gasteiger partial charge in [0, 0.05) is 0 Å². The van der Waals surface area contributed by atoms with Crippen LogP contribution in [0.5, 0.6) is 0 Å². The van der Waals surface area contributed by atoms with E-state index in [1.807, 2.05) is 71.9 Å². The molecule has 0 aliphatic rings. The van der Waals surface area contributed by atoms with Gasteiger partial charge in [-0.3, -0.25) is 14.4 Å². The fourth-order valence-electron chi connectivity index (χ4n) is 3.66. The third-order valence-corrected chi connectivity index (χ3v) is 5.38. The highest BCUT2D eigenvalue weighted by Gasteiger charge is 2.30. The van der Waals surface area contributed by atoms with Crippen molar-refractivity contribution >= 4 is 23.7 Å². The van der Waals surface area contributed by atoms with Gasteiger partial charge in [0.05, 0.1) is 6.04 Å². The molecule has 3 amide bonds. The SMILES string of the molecule is CC(=O)C(CC(C)C)NC(=O)[C@H](CC(C)C)NC(=O)[C@H](CC(C)C)NC(=O)OCc1ccccc1. The van der Waals surface area contributed by atoms with Gasteiger partial charge in [0.2, 0.25) is 11.8 Å². The van der Waals surface area contributed by atoms with Crippen molar-refractivity contribution in [3.8, 4) is 0 Å². The quantitative estimate of drug-likeness (QED) is 0.366. The second kappa shape index (κ2) is 15.2. The van der Waals surface area contributed by atoms with Gasteiger partial charge >= 0.3 is 6.09 Å². The van der Waals surface area contributed by atoms with Gasteiger partial charge in [0.15, 0.2) is 5.78 Å². The first-order chi connectivity index (χ1) is 16.4. The molecule has 3 N–H and O–H groups in total. The summed E-state index contributed by atoms with van der Waals surface area (Å²) in [4.78, 5) is 50.6. The van der Waals surface area contributed by atoms with Crippen molar-refractivity contribution in [2.24, 2.45) is 17.8 Å². The fourth-order valence-corrected chi connectivity index (χ4v) is 3.66. The van der Waals surface area contributed by atoms with Gasteiger partial charge in [-0.2, -0.15) is 0 Å². The molecule has 1 aromatic rings. The van der Waals surface area contributed by atoms with Crippen molar-refractivity contribution in [3.63, 3.8) is 0 Å². The van der Waals surface area contributed by atoms with Crippen molar-refractivity contribution < 1.29 is 23.9 Å². The summed E-state index contributed by atoms with van der Waals surface area (Å²) < 4.78 is 5.28. The van der Waals surface area contributed by atoms with Gasteiger partial charge in [-0.25, -0.2) is 4.79 Å². The van der Waals surface area contributed by atoms with Crippen LogP contribution in [-0.4, -0.2) is 41.8 Å². The predicted octanol–water partition coefficient (Wildman–Crippen LogP) is 3.98. The number of Topliss-reactive ketones (excluding diaryl/α,β-unsaturated/α-hetero) is 1. The van der Waals surface area contributed by atoms with E-state index in [0.29, 0.717) is 19.3 Å². The van der Waals surface area contributed by atoms with Gasteiger partial charge in [-0.05, 0) is 49.5 Å². The molecule has 1 rings (SSSR count). The van der Waals surface area contributed by atoms with Crippen LogP contribution in [0.4, 0.5) is 4.79 Å². The number of ketones is 1. The first-order valence-corrected chi connectivity index (χ1v) is 12.5. The lowest BCUT2D eigenvalue weighted by Crippen LogP contribution is -2.56. The zero-order valence-electron chi connectivity index (χ0n) is 22.2. The number of alkyl carbamates (subject to hydrolysis) is 1. The molecule has 0 saturated carbocycles. The highest BCUT2D eigenvalue weighted by atomic mass is 16.5. The molecule has 0 heterocycles. The molecule has 0 spiro atoms. The van der Waals surface area contributed by atoms with E-state index in [1.165, 1.54) is 6.92 Å². The molecule has 1 unspecified atom stereocenters. The molecule has 0 radical (unpaired) electrons. The molecular weight excluding hydrogens is 446 g/mol. The number of rotatable bonds is 14. The minimum absolute atomic E-state index is 0.0867. The molecule has 196 valence electrons. The van der Waals surface area contributed by atoms with Crippen molar-refractivity contribution in [3.05, 3.63) is 35.9 Å². The molecule has 3 atom stereocenters. The van der Waals surface area contributed by atoms with Crippen LogP contribution in [0, 0.1) is 17.8 Å². The summed E-state index contributed by atoms with van der Waals surface area (Å²) >= 11 is 0. The first-order valence-electron chi connectivity index (χ1n) is 12.5. The molecule has 8 heteroatoms. The minimum atomic E-state index is -0.861. The molecule has 8 nitrogen and oxygen atoms in total. The second-order valence-electron chi connectivity index (χ2n) is 10.4. The third kappa shape index (κ3) is 12.4. The standard InChI is InChI=1S/C27H43N3O5/c1-17(2)13-22(20(7)31)28-25(32)23(14-18(3)4)29-26(33)24(15-19(5)6)30-27(34)35-16-21-11-9-8-10-12-21/h8-12,17-19,22-24H,13-16H2,1-7H3,(H,28,32)(H,29,33)(H,30,34)/t22?,23-,24-/m0/s1. The maximum Gasteiger partial charge on any atom is 0.408 e. The summed E-state index contributed by atoms with van der Waals surface area (Å²) in [6.07, 6.45) is 0.601. The molecule has 0 bridgehead atoms. The van der Waals surface area contributed by atoms with Crippen LogP contribution in [0.15, 0.2) is 30.3 Å². The highest BCUT2D eigenvalue weighted by Crippen LogP contribution is 2.11. The first kappa shape index (κ1) is 30.1. The topological polar surface area (TPSA) is 114 Å². The number of hydrogen-bond donors (Lipinski definition) is 3. The van der Waals surface area contributed by atoms with Crippen molar-refractivity contribution in [1.82, 2.24) is 16.0 Å². The van der Waals surface area contributed by atoms with Crippen LogP contribution in [0.2, 0.25) is 0 Å². The van der Waals surface area contributed by atoms with Crippen LogP contribution in [0.3, 0.4) is 0 Å². The summed E-state index contributed by atoms with van der Waals surface area (Å²) in [6, 6.07) is 6.97. The third-order valence-electron chi connectivity index (χ3n) is 5.38. The fraction of sp³-hybridized carbons (Fsp3) is 0.630. The van der Waals surface area contributed by atoms with E-state index < -0.39 is 36.0 Å². The molecule has 1 aromatic carbocycles. The number of carbonyl (C=O) groups excluding carboxylic acids is 4. The van der Waals surface area contributed by atoms with E-state index in [0.717, 1.165) is 5.56 Å². The Morgan fingerprint density at radius 3 is 1.57 bits per heavy atom. The Balaban J connectivity index is 2.88. The maximum atomic E-state index is 13.2. The molecule has 35 heavy (non-hydrogen) atoms. The second-order valence-corrected chi connectivity index (χ2v) is 10.4. The van der Waals surface area contributed by atoms with Crippen LogP contribution in [-0.2, 0) is 25.7 Å². The van der Waals surface area contributed by atoms with Crippen molar-refractivity contribution in [2.75, 3.05) is 0 Å². The zero-order valence-corrected chi connectivity index (χ0v) is 22.2.